The van der Waals surface area contributed by atoms with Gasteiger partial charge in [-0.3, -0.25) is 4.79 Å². The number of carbonyl (C=O) groups excluding carboxylic acids is 1. The number of carbonyl (C=O) groups is 1. The van der Waals surface area contributed by atoms with Crippen molar-refractivity contribution in [2.24, 2.45) is 0 Å². The van der Waals surface area contributed by atoms with Crippen molar-refractivity contribution in [1.29, 1.82) is 0 Å². The minimum atomic E-state index is -3.91. The fourth-order valence-electron chi connectivity index (χ4n) is 2.28. The molecule has 0 unspecified atom stereocenters. The molecule has 2 rings (SSSR count). The van der Waals surface area contributed by atoms with Crippen LogP contribution in [0.3, 0.4) is 0 Å². The largest absolute Gasteiger partial charge is 0.425 e. The van der Waals surface area contributed by atoms with E-state index < -0.39 is 28.4 Å². The average Bonchev–Trinajstić information content (AvgIpc) is 2.55. The molecule has 25 heavy (non-hydrogen) atoms. The molecule has 0 aromatic heterocycles. The number of halogens is 1. The zero-order valence-corrected chi connectivity index (χ0v) is 15.4. The van der Waals surface area contributed by atoms with Crippen LogP contribution in [0.25, 0.3) is 0 Å². The third-order valence-electron chi connectivity index (χ3n) is 3.96. The molecular formula is C18H20FNO4S. The van der Waals surface area contributed by atoms with Crippen LogP contribution in [-0.2, 0) is 14.8 Å². The van der Waals surface area contributed by atoms with Crippen molar-refractivity contribution in [1.82, 2.24) is 4.31 Å². The lowest BCUT2D eigenvalue weighted by Crippen LogP contribution is -2.34. The van der Waals surface area contributed by atoms with E-state index in [4.69, 9.17) is 4.74 Å². The van der Waals surface area contributed by atoms with E-state index in [1.54, 1.807) is 0 Å². The van der Waals surface area contributed by atoms with Crippen molar-refractivity contribution in [3.05, 3.63) is 58.9 Å². The van der Waals surface area contributed by atoms with Crippen LogP contribution >= 0.6 is 0 Å². The van der Waals surface area contributed by atoms with Gasteiger partial charge in [-0.15, -0.1) is 0 Å². The number of hydrogen-bond donors (Lipinski definition) is 0. The number of ether oxygens (including phenoxy) is 1. The molecule has 0 fully saturated rings. The molecule has 0 bridgehead atoms. The van der Waals surface area contributed by atoms with Crippen molar-refractivity contribution in [3.8, 4) is 5.75 Å². The summed E-state index contributed by atoms with van der Waals surface area (Å²) in [4.78, 5) is 12.1. The van der Waals surface area contributed by atoms with Crippen molar-refractivity contribution < 1.29 is 22.3 Å². The maximum Gasteiger partial charge on any atom is 0.326 e. The number of nitrogens with zero attached hydrogens (tertiary/aromatic N) is 1. The Balaban J connectivity index is 2.15. The van der Waals surface area contributed by atoms with Gasteiger partial charge in [0, 0.05) is 7.05 Å². The lowest BCUT2D eigenvalue weighted by Gasteiger charge is -2.18. The molecule has 0 spiro atoms. The van der Waals surface area contributed by atoms with E-state index in [1.165, 1.54) is 7.05 Å². The summed E-state index contributed by atoms with van der Waals surface area (Å²) < 4.78 is 44.0. The highest BCUT2D eigenvalue weighted by molar-refractivity contribution is 7.89. The number of sulfonamides is 1. The molecule has 2 aromatic rings. The maximum absolute atomic E-state index is 13.0. The van der Waals surface area contributed by atoms with Crippen LogP contribution in [0.1, 0.15) is 16.7 Å². The van der Waals surface area contributed by atoms with Crippen LogP contribution in [-0.4, -0.2) is 32.3 Å². The van der Waals surface area contributed by atoms with Crippen LogP contribution in [0.2, 0.25) is 0 Å². The molecular weight excluding hydrogens is 345 g/mol. The highest BCUT2D eigenvalue weighted by atomic mass is 32.2. The van der Waals surface area contributed by atoms with E-state index in [0.29, 0.717) is 5.75 Å². The molecule has 0 amide bonds. The topological polar surface area (TPSA) is 63.7 Å². The third kappa shape index (κ3) is 4.24. The van der Waals surface area contributed by atoms with Crippen molar-refractivity contribution in [2.75, 3.05) is 13.6 Å². The summed E-state index contributed by atoms with van der Waals surface area (Å²) in [6.07, 6.45) is 0. The van der Waals surface area contributed by atoms with Crippen molar-refractivity contribution in [3.63, 3.8) is 0 Å². The van der Waals surface area contributed by atoms with E-state index in [-0.39, 0.29) is 4.90 Å². The normalized spacial score (nSPS) is 11.6. The molecule has 0 saturated carbocycles. The summed E-state index contributed by atoms with van der Waals surface area (Å²) in [7, 11) is -2.63. The van der Waals surface area contributed by atoms with Crippen LogP contribution in [0.15, 0.2) is 41.3 Å². The molecule has 0 aliphatic rings. The van der Waals surface area contributed by atoms with E-state index in [9.17, 15) is 17.6 Å². The van der Waals surface area contributed by atoms with Gasteiger partial charge in [-0.2, -0.15) is 4.31 Å². The highest BCUT2D eigenvalue weighted by Gasteiger charge is 2.24. The minimum Gasteiger partial charge on any atom is -0.425 e. The fraction of sp³-hybridized carbons (Fsp3) is 0.278. The van der Waals surface area contributed by atoms with Gasteiger partial charge in [0.05, 0.1) is 4.90 Å². The zero-order chi connectivity index (χ0) is 18.8. The highest BCUT2D eigenvalue weighted by Crippen LogP contribution is 2.26. The van der Waals surface area contributed by atoms with Crippen LogP contribution in [0.4, 0.5) is 4.39 Å². The Bertz CT molecular complexity index is 892. The van der Waals surface area contributed by atoms with E-state index in [2.05, 4.69) is 0 Å². The predicted molar refractivity (Wildman–Crippen MR) is 92.5 cm³/mol. The molecule has 0 aliphatic carbocycles. The van der Waals surface area contributed by atoms with Crippen LogP contribution in [0, 0.1) is 26.6 Å². The standard InChI is InChI=1S/C18H20FNO4S/c1-12-5-6-13(2)18(14(12)3)24-17(21)11-20(4)25(22,23)16-9-7-15(19)8-10-16/h5-10H,11H2,1-4H3. The number of rotatable bonds is 5. The molecule has 2 aromatic carbocycles. The van der Waals surface area contributed by atoms with Gasteiger partial charge in [-0.1, -0.05) is 12.1 Å². The second-order valence-corrected chi connectivity index (χ2v) is 7.89. The smallest absolute Gasteiger partial charge is 0.326 e. The molecule has 5 nitrogen and oxygen atoms in total. The first kappa shape index (κ1) is 19.1. The van der Waals surface area contributed by atoms with Gasteiger partial charge in [-0.05, 0) is 61.7 Å². The summed E-state index contributed by atoms with van der Waals surface area (Å²) in [5, 5.41) is 0. The third-order valence-corrected chi connectivity index (χ3v) is 5.78. The van der Waals surface area contributed by atoms with Crippen LogP contribution in [0.5, 0.6) is 5.75 Å². The molecule has 0 heterocycles. The summed E-state index contributed by atoms with van der Waals surface area (Å²) in [6, 6.07) is 8.18. The van der Waals surface area contributed by atoms with Gasteiger partial charge in [0.15, 0.2) is 0 Å². The number of likely N-dealkylation sites (N-methyl/N-ethyl adjacent to an activating group) is 1. The van der Waals surface area contributed by atoms with E-state index >= 15 is 0 Å². The Morgan fingerprint density at radius 2 is 1.60 bits per heavy atom. The maximum atomic E-state index is 13.0. The fourth-order valence-corrected chi connectivity index (χ4v) is 3.40. The Labute approximate surface area is 147 Å². The first-order chi connectivity index (χ1) is 11.6. The lowest BCUT2D eigenvalue weighted by molar-refractivity contribution is -0.134. The molecule has 7 heteroatoms. The average molecular weight is 365 g/mol. The second kappa shape index (κ2) is 7.33. The first-order valence-electron chi connectivity index (χ1n) is 7.62. The SMILES string of the molecule is Cc1ccc(C)c(OC(=O)CN(C)S(=O)(=O)c2ccc(F)cc2)c1C. The van der Waals surface area contributed by atoms with Gasteiger partial charge < -0.3 is 4.74 Å². The molecule has 0 N–H and O–H groups in total. The molecule has 0 aliphatic heterocycles. The van der Waals surface area contributed by atoms with Gasteiger partial charge in [0.25, 0.3) is 0 Å². The predicted octanol–water partition coefficient (Wildman–Crippen LogP) is 2.98. The Morgan fingerprint density at radius 1 is 1.04 bits per heavy atom. The van der Waals surface area contributed by atoms with Crippen molar-refractivity contribution in [2.45, 2.75) is 25.7 Å². The lowest BCUT2D eigenvalue weighted by atomic mass is 10.1. The van der Waals surface area contributed by atoms with Crippen LogP contribution < -0.4 is 4.74 Å². The molecule has 0 radical (unpaired) electrons. The van der Waals surface area contributed by atoms with Gasteiger partial charge >= 0.3 is 5.97 Å². The molecule has 0 atom stereocenters. The Hall–Kier alpha value is -2.25. The van der Waals surface area contributed by atoms with Gasteiger partial charge in [-0.25, -0.2) is 12.8 Å². The zero-order valence-electron chi connectivity index (χ0n) is 14.5. The van der Waals surface area contributed by atoms with E-state index in [1.807, 2.05) is 32.9 Å². The van der Waals surface area contributed by atoms with Crippen molar-refractivity contribution >= 4 is 16.0 Å². The summed E-state index contributed by atoms with van der Waals surface area (Å²) in [6.45, 7) is 5.10. The number of benzene rings is 2. The summed E-state index contributed by atoms with van der Waals surface area (Å²) in [5.74, 6) is -0.783. The molecule has 0 saturated heterocycles. The number of hydrogen-bond acceptors (Lipinski definition) is 4. The quantitative estimate of drug-likeness (QED) is 0.604. The molecule has 134 valence electrons. The second-order valence-electron chi connectivity index (χ2n) is 5.84. The number of esters is 1. The Kier molecular flexibility index (Phi) is 5.59. The minimum absolute atomic E-state index is 0.0906. The monoisotopic (exact) mass is 365 g/mol. The number of aryl methyl sites for hydroxylation is 2. The summed E-state index contributed by atoms with van der Waals surface area (Å²) in [5.41, 5.74) is 2.60. The first-order valence-corrected chi connectivity index (χ1v) is 9.06. The van der Waals surface area contributed by atoms with Gasteiger partial charge in [0.2, 0.25) is 10.0 Å². The van der Waals surface area contributed by atoms with Gasteiger partial charge in [0.1, 0.15) is 18.1 Å². The summed E-state index contributed by atoms with van der Waals surface area (Å²) >= 11 is 0. The van der Waals surface area contributed by atoms with E-state index in [0.717, 1.165) is 45.3 Å². The Morgan fingerprint density at radius 3 is 2.20 bits per heavy atom.